The predicted molar refractivity (Wildman–Crippen MR) is 59.8 cm³/mol. The van der Waals surface area contributed by atoms with Crippen LogP contribution in [0.25, 0.3) is 10.4 Å². The maximum Gasteiger partial charge on any atom is 0.0371 e. The monoisotopic (exact) mass is 198 g/mol. The highest BCUT2D eigenvalue weighted by molar-refractivity contribution is 7.13. The molecule has 0 aliphatic heterocycles. The molecule has 1 nitrogen and oxygen atoms in total. The van der Waals surface area contributed by atoms with E-state index < -0.39 is 0 Å². The van der Waals surface area contributed by atoms with E-state index in [1.165, 1.54) is 4.88 Å². The fourth-order valence-corrected chi connectivity index (χ4v) is 2.00. The molecule has 0 bridgehead atoms. The van der Waals surface area contributed by atoms with Crippen LogP contribution in [0.2, 0.25) is 0 Å². The van der Waals surface area contributed by atoms with E-state index in [0.29, 0.717) is 0 Å². The average Bonchev–Trinajstić information content (AvgIpc) is 2.68. The third-order valence-electron chi connectivity index (χ3n) is 1.78. The first-order valence-electron chi connectivity index (χ1n) is 4.17. The Morgan fingerprint density at radius 1 is 1.43 bits per heavy atom. The van der Waals surface area contributed by atoms with Gasteiger partial charge in [-0.05, 0) is 12.1 Å². The molecule has 67 valence electrons. The van der Waals surface area contributed by atoms with Gasteiger partial charge in [0.25, 0.3) is 0 Å². The number of hydrogen-bond donors (Lipinski definition) is 0. The number of hydrogen-bond acceptors (Lipinski definition) is 2. The molecule has 0 aromatic carbocycles. The Kier molecular flexibility index (Phi) is 2.62. The zero-order valence-corrected chi connectivity index (χ0v) is 8.34. The first-order chi connectivity index (χ1) is 6.90. The van der Waals surface area contributed by atoms with Gasteiger partial charge in [-0.25, -0.2) is 0 Å². The van der Waals surface area contributed by atoms with Gasteiger partial charge in [0.05, 0.1) is 0 Å². The molecule has 0 unspecified atom stereocenters. The quantitative estimate of drug-likeness (QED) is 0.642. The second-order valence-electron chi connectivity index (χ2n) is 2.74. The number of rotatable bonds is 1. The van der Waals surface area contributed by atoms with Crippen molar-refractivity contribution in [2.24, 2.45) is 0 Å². The fourth-order valence-electron chi connectivity index (χ4n) is 1.16. The fraction of sp³-hybridized carbons (Fsp3) is 0. The van der Waals surface area contributed by atoms with Crippen molar-refractivity contribution in [2.75, 3.05) is 0 Å². The zero-order valence-electron chi connectivity index (χ0n) is 7.53. The molecular weight excluding hydrogens is 190 g/mol. The molecule has 0 aliphatic carbocycles. The van der Waals surface area contributed by atoms with Gasteiger partial charge in [0.2, 0.25) is 0 Å². The molecule has 1 radical (unpaired) electrons. The summed E-state index contributed by atoms with van der Waals surface area (Å²) >= 11 is 1.67. The minimum Gasteiger partial charge on any atom is -0.264 e. The number of thiophene rings is 1. The topological polar surface area (TPSA) is 12.9 Å². The normalized spacial score (nSPS) is 9.21. The lowest BCUT2D eigenvalue weighted by Gasteiger charge is -1.92. The molecule has 0 saturated carbocycles. The zero-order chi connectivity index (χ0) is 9.80. The summed E-state index contributed by atoms with van der Waals surface area (Å²) in [4.78, 5) is 5.27. The molecule has 14 heavy (non-hydrogen) atoms. The summed E-state index contributed by atoms with van der Waals surface area (Å²) in [6.07, 6.45) is 3.63. The number of pyridine rings is 1. The Balaban J connectivity index is 2.37. The van der Waals surface area contributed by atoms with Crippen molar-refractivity contribution in [2.45, 2.75) is 0 Å². The third kappa shape index (κ3) is 1.84. The predicted octanol–water partition coefficient (Wildman–Crippen LogP) is 3.00. The van der Waals surface area contributed by atoms with Crippen molar-refractivity contribution in [1.29, 1.82) is 0 Å². The van der Waals surface area contributed by atoms with Crippen LogP contribution in [-0.4, -0.2) is 4.98 Å². The van der Waals surface area contributed by atoms with Crippen LogP contribution in [0.3, 0.4) is 0 Å². The van der Waals surface area contributed by atoms with E-state index in [4.69, 9.17) is 0 Å². The molecule has 0 atom stereocenters. The molecule has 0 N–H and O–H groups in total. The Labute approximate surface area is 87.4 Å². The Morgan fingerprint density at radius 2 is 2.36 bits per heavy atom. The lowest BCUT2D eigenvalue weighted by atomic mass is 10.2. The molecule has 0 fully saturated rings. The minimum atomic E-state index is 1.02. The van der Waals surface area contributed by atoms with Crippen LogP contribution in [-0.2, 0) is 0 Å². The van der Waals surface area contributed by atoms with Gasteiger partial charge in [-0.15, -0.1) is 11.3 Å². The molecular formula is C12H8NS. The molecule has 2 heteroatoms. The third-order valence-corrected chi connectivity index (χ3v) is 2.76. The minimum absolute atomic E-state index is 1.02. The largest absolute Gasteiger partial charge is 0.264 e. The Hall–Kier alpha value is -1.59. The van der Waals surface area contributed by atoms with Crippen LogP contribution < -0.4 is 0 Å². The number of nitrogens with zero attached hydrogens (tertiary/aromatic N) is 1. The van der Waals surface area contributed by atoms with Crippen LogP contribution in [0, 0.1) is 18.8 Å². The first kappa shape index (κ1) is 8.98. The van der Waals surface area contributed by atoms with Gasteiger partial charge in [0, 0.05) is 40.7 Å². The highest BCUT2D eigenvalue weighted by atomic mass is 32.1. The summed E-state index contributed by atoms with van der Waals surface area (Å²) in [7, 11) is 0. The van der Waals surface area contributed by atoms with E-state index in [-0.39, 0.29) is 0 Å². The average molecular weight is 198 g/mol. The molecule has 2 rings (SSSR count). The molecule has 0 spiro atoms. The van der Waals surface area contributed by atoms with Crippen LogP contribution in [0.15, 0.2) is 36.0 Å². The Bertz CT molecular complexity index is 474. The van der Waals surface area contributed by atoms with Gasteiger partial charge < -0.3 is 0 Å². The maximum atomic E-state index is 4.07. The van der Waals surface area contributed by atoms with E-state index >= 15 is 0 Å². The SMILES string of the molecule is [CH2]C#Cc1csc(-c2cccnc2)c1. The summed E-state index contributed by atoms with van der Waals surface area (Å²) in [5.74, 6) is 5.57. The van der Waals surface area contributed by atoms with E-state index in [1.807, 2.05) is 23.7 Å². The standard InChI is InChI=1S/C12H8NS/c1-2-4-10-7-12(14-9-10)11-5-3-6-13-8-11/h3,5-9H,1H2. The molecule has 2 heterocycles. The van der Waals surface area contributed by atoms with Gasteiger partial charge in [0.1, 0.15) is 0 Å². The van der Waals surface area contributed by atoms with Crippen molar-refractivity contribution in [3.05, 3.63) is 48.5 Å². The van der Waals surface area contributed by atoms with E-state index in [1.54, 1.807) is 17.5 Å². The van der Waals surface area contributed by atoms with Crippen LogP contribution in [0.4, 0.5) is 0 Å². The number of aromatic nitrogens is 1. The maximum absolute atomic E-state index is 4.07. The van der Waals surface area contributed by atoms with Crippen molar-refractivity contribution in [3.63, 3.8) is 0 Å². The smallest absolute Gasteiger partial charge is 0.0371 e. The van der Waals surface area contributed by atoms with Crippen molar-refractivity contribution in [1.82, 2.24) is 4.98 Å². The summed E-state index contributed by atoms with van der Waals surface area (Å²) in [6.45, 7) is 3.49. The molecule has 0 aliphatic rings. The van der Waals surface area contributed by atoms with Crippen molar-refractivity contribution < 1.29 is 0 Å². The second kappa shape index (κ2) is 4.08. The van der Waals surface area contributed by atoms with E-state index in [9.17, 15) is 0 Å². The highest BCUT2D eigenvalue weighted by Crippen LogP contribution is 2.25. The van der Waals surface area contributed by atoms with Crippen LogP contribution >= 0.6 is 11.3 Å². The summed E-state index contributed by atoms with van der Waals surface area (Å²) in [5, 5.41) is 2.03. The lowest BCUT2D eigenvalue weighted by molar-refractivity contribution is 1.33. The van der Waals surface area contributed by atoms with Gasteiger partial charge >= 0.3 is 0 Å². The van der Waals surface area contributed by atoms with Crippen molar-refractivity contribution in [3.8, 4) is 22.3 Å². The van der Waals surface area contributed by atoms with Crippen LogP contribution in [0.5, 0.6) is 0 Å². The molecule has 2 aromatic heterocycles. The molecule has 2 aromatic rings. The molecule has 0 amide bonds. The second-order valence-corrected chi connectivity index (χ2v) is 3.65. The summed E-state index contributed by atoms with van der Waals surface area (Å²) < 4.78 is 0. The summed E-state index contributed by atoms with van der Waals surface area (Å²) in [5.41, 5.74) is 2.15. The summed E-state index contributed by atoms with van der Waals surface area (Å²) in [6, 6.07) is 6.03. The lowest BCUT2D eigenvalue weighted by Crippen LogP contribution is -1.73. The van der Waals surface area contributed by atoms with Gasteiger partial charge in [-0.3, -0.25) is 4.98 Å². The van der Waals surface area contributed by atoms with Crippen LogP contribution in [0.1, 0.15) is 5.56 Å². The van der Waals surface area contributed by atoms with E-state index in [0.717, 1.165) is 11.1 Å². The van der Waals surface area contributed by atoms with Gasteiger partial charge in [-0.2, -0.15) is 0 Å². The van der Waals surface area contributed by atoms with Gasteiger partial charge in [-0.1, -0.05) is 17.9 Å². The Morgan fingerprint density at radius 3 is 3.07 bits per heavy atom. The van der Waals surface area contributed by atoms with Crippen molar-refractivity contribution >= 4 is 11.3 Å². The van der Waals surface area contributed by atoms with E-state index in [2.05, 4.69) is 29.8 Å². The first-order valence-corrected chi connectivity index (χ1v) is 5.05. The highest BCUT2D eigenvalue weighted by Gasteiger charge is 1.99. The van der Waals surface area contributed by atoms with Gasteiger partial charge in [0.15, 0.2) is 0 Å². The molecule has 0 saturated heterocycles.